The molecule has 0 bridgehead atoms. The van der Waals surface area contributed by atoms with Gasteiger partial charge in [-0.15, -0.1) is 0 Å². The first-order valence-corrected chi connectivity index (χ1v) is 13.8. The number of hydrogen-bond donors (Lipinski definition) is 7. The second-order valence-electron chi connectivity index (χ2n) is 7.42. The van der Waals surface area contributed by atoms with Crippen molar-refractivity contribution in [2.75, 3.05) is 11.5 Å². The van der Waals surface area contributed by atoms with Crippen molar-refractivity contribution < 1.29 is 0 Å². The summed E-state index contributed by atoms with van der Waals surface area (Å²) in [4.78, 5) is 0. The van der Waals surface area contributed by atoms with Gasteiger partial charge in [0.25, 0.3) is 0 Å². The largest absolute Gasteiger partial charge is 0.179 e. The normalized spacial score (nSPS) is 20.2. The molecule has 7 atom stereocenters. The lowest BCUT2D eigenvalue weighted by Gasteiger charge is -2.29. The molecule has 0 saturated carbocycles. The Bertz CT molecular complexity index is 299. The van der Waals surface area contributed by atoms with E-state index in [0.29, 0.717) is 38.1 Å². The molecule has 5 unspecified atom stereocenters. The molecule has 0 N–H and O–H groups in total. The van der Waals surface area contributed by atoms with E-state index < -0.39 is 0 Å². The van der Waals surface area contributed by atoms with Crippen molar-refractivity contribution in [1.29, 1.82) is 0 Å². The van der Waals surface area contributed by atoms with E-state index in [9.17, 15) is 0 Å². The lowest BCUT2D eigenvalue weighted by atomic mass is 9.91. The van der Waals surface area contributed by atoms with E-state index in [0.717, 1.165) is 62.9 Å². The Morgan fingerprint density at radius 1 is 0.538 bits per heavy atom. The number of hydrogen-bond acceptors (Lipinski definition) is 7. The van der Waals surface area contributed by atoms with Crippen LogP contribution < -0.4 is 0 Å². The molecule has 0 aromatic heterocycles. The summed E-state index contributed by atoms with van der Waals surface area (Å²) < 4.78 is 0. The van der Waals surface area contributed by atoms with Gasteiger partial charge in [-0.05, 0) is 74.7 Å². The molecule has 0 aliphatic heterocycles. The van der Waals surface area contributed by atoms with E-state index in [1.54, 1.807) is 0 Å². The van der Waals surface area contributed by atoms with Crippen molar-refractivity contribution in [2.45, 2.75) is 91.5 Å². The average Bonchev–Trinajstić information content (AvgIpc) is 2.65. The molecule has 0 nitrogen and oxygen atoms in total. The Kier molecular flexibility index (Phi) is 18.8. The molecule has 0 fully saturated rings. The fourth-order valence-corrected chi connectivity index (χ4v) is 5.84. The van der Waals surface area contributed by atoms with E-state index in [4.69, 9.17) is 37.9 Å². The third-order valence-corrected chi connectivity index (χ3v) is 9.21. The highest BCUT2D eigenvalue weighted by atomic mass is 32.1. The summed E-state index contributed by atoms with van der Waals surface area (Å²) in [6.07, 6.45) is 8.78. The van der Waals surface area contributed by atoms with Gasteiger partial charge in [0.15, 0.2) is 0 Å². The smallest absolute Gasteiger partial charge is 0.00536 e. The molecule has 7 heteroatoms. The Labute approximate surface area is 201 Å². The zero-order chi connectivity index (χ0) is 20.1. The standard InChI is InChI=1S/C19H40S7/c1-3-15(22)5-7-18(25)13(11-20)9-17(24)10-14(12-21)19(26)8-6-16(23)4-2/h13-26H,3-12H2,1-2H3/t13-,14+,15?,16?,17?,18?,19?. The van der Waals surface area contributed by atoms with Gasteiger partial charge in [0.05, 0.1) is 0 Å². The predicted octanol–water partition coefficient (Wildman–Crippen LogP) is 6.73. The van der Waals surface area contributed by atoms with Crippen LogP contribution >= 0.6 is 88.4 Å². The maximum atomic E-state index is 4.89. The van der Waals surface area contributed by atoms with Crippen LogP contribution in [0.2, 0.25) is 0 Å². The van der Waals surface area contributed by atoms with Crippen LogP contribution in [0.1, 0.15) is 65.2 Å². The van der Waals surface area contributed by atoms with Gasteiger partial charge in [-0.1, -0.05) is 13.8 Å². The van der Waals surface area contributed by atoms with Gasteiger partial charge in [0.1, 0.15) is 0 Å². The summed E-state index contributed by atoms with van der Waals surface area (Å²) in [6.45, 7) is 4.37. The minimum Gasteiger partial charge on any atom is -0.179 e. The van der Waals surface area contributed by atoms with Crippen LogP contribution in [-0.2, 0) is 0 Å². The van der Waals surface area contributed by atoms with Crippen LogP contribution in [0.15, 0.2) is 0 Å². The Hall–Kier alpha value is 2.45. The van der Waals surface area contributed by atoms with Gasteiger partial charge in [-0.3, -0.25) is 0 Å². The van der Waals surface area contributed by atoms with E-state index in [1.807, 2.05) is 0 Å². The zero-order valence-corrected chi connectivity index (χ0v) is 22.5. The maximum absolute atomic E-state index is 4.89. The van der Waals surface area contributed by atoms with Crippen LogP contribution in [0.4, 0.5) is 0 Å². The van der Waals surface area contributed by atoms with Gasteiger partial charge < -0.3 is 0 Å². The Balaban J connectivity index is 4.43. The van der Waals surface area contributed by atoms with Gasteiger partial charge in [-0.25, -0.2) is 0 Å². The van der Waals surface area contributed by atoms with Crippen LogP contribution in [-0.4, -0.2) is 37.8 Å². The first-order valence-electron chi connectivity index (χ1n) is 9.90. The maximum Gasteiger partial charge on any atom is 0.00536 e. The zero-order valence-electron chi connectivity index (χ0n) is 16.2. The van der Waals surface area contributed by atoms with Crippen molar-refractivity contribution in [2.24, 2.45) is 11.8 Å². The van der Waals surface area contributed by atoms with Crippen molar-refractivity contribution in [3.8, 4) is 0 Å². The minimum absolute atomic E-state index is 0.351. The summed E-state index contributed by atoms with van der Waals surface area (Å²) in [5.74, 6) is 2.70. The molecule has 0 aromatic rings. The number of thiol groups is 7. The van der Waals surface area contributed by atoms with Gasteiger partial charge >= 0.3 is 0 Å². The lowest BCUT2D eigenvalue weighted by Crippen LogP contribution is -2.26. The van der Waals surface area contributed by atoms with Gasteiger partial charge in [0.2, 0.25) is 0 Å². The summed E-state index contributed by atoms with van der Waals surface area (Å²) >= 11 is 33.0. The summed E-state index contributed by atoms with van der Waals surface area (Å²) in [5.41, 5.74) is 0. The second kappa shape index (κ2) is 17.2. The van der Waals surface area contributed by atoms with Gasteiger partial charge in [0, 0.05) is 26.2 Å². The quantitative estimate of drug-likeness (QED) is 0.114. The highest BCUT2D eigenvalue weighted by molar-refractivity contribution is 7.82. The number of rotatable bonds is 16. The SMILES string of the molecule is CCC(S)CCC(S)[C@H](CS)CC(S)C[C@H](CS)C(S)CCC(S)CC. The average molecular weight is 493 g/mol. The van der Waals surface area contributed by atoms with Crippen molar-refractivity contribution in [1.82, 2.24) is 0 Å². The summed E-state index contributed by atoms with van der Waals surface area (Å²) in [5, 5.41) is 2.06. The second-order valence-corrected chi connectivity index (χ2v) is 11.7. The molecule has 0 saturated heterocycles. The highest BCUT2D eigenvalue weighted by Crippen LogP contribution is 2.31. The molecule has 158 valence electrons. The minimum atomic E-state index is 0.351. The van der Waals surface area contributed by atoms with Crippen LogP contribution in [0.3, 0.4) is 0 Å². The third kappa shape index (κ3) is 12.9. The van der Waals surface area contributed by atoms with Crippen molar-refractivity contribution in [3.63, 3.8) is 0 Å². The molecule has 0 aliphatic rings. The monoisotopic (exact) mass is 492 g/mol. The molecule has 0 spiro atoms. The fraction of sp³-hybridized carbons (Fsp3) is 1.00. The fourth-order valence-electron chi connectivity index (χ4n) is 3.11. The molecule has 0 amide bonds. The van der Waals surface area contributed by atoms with Crippen LogP contribution in [0, 0.1) is 11.8 Å². The highest BCUT2D eigenvalue weighted by Gasteiger charge is 2.25. The molecule has 0 aromatic carbocycles. The van der Waals surface area contributed by atoms with Gasteiger partial charge in [-0.2, -0.15) is 88.4 Å². The predicted molar refractivity (Wildman–Crippen MR) is 147 cm³/mol. The van der Waals surface area contributed by atoms with E-state index in [2.05, 4.69) is 64.4 Å². The van der Waals surface area contributed by atoms with Crippen molar-refractivity contribution in [3.05, 3.63) is 0 Å². The Morgan fingerprint density at radius 3 is 1.15 bits per heavy atom. The summed E-state index contributed by atoms with van der Waals surface area (Å²) in [7, 11) is 0. The lowest BCUT2D eigenvalue weighted by molar-refractivity contribution is 0.423. The van der Waals surface area contributed by atoms with Crippen molar-refractivity contribution >= 4 is 88.4 Å². The molecule has 0 radical (unpaired) electrons. The first kappa shape index (κ1) is 28.5. The topological polar surface area (TPSA) is 0 Å². The molecule has 26 heavy (non-hydrogen) atoms. The molecular formula is C19H40S7. The van der Waals surface area contributed by atoms with E-state index in [-0.39, 0.29) is 0 Å². The third-order valence-electron chi connectivity index (χ3n) is 5.24. The first-order chi connectivity index (χ1) is 12.3. The Morgan fingerprint density at radius 2 is 0.885 bits per heavy atom. The van der Waals surface area contributed by atoms with E-state index >= 15 is 0 Å². The molecule has 0 aliphatic carbocycles. The van der Waals surface area contributed by atoms with Crippen LogP contribution in [0.25, 0.3) is 0 Å². The van der Waals surface area contributed by atoms with E-state index in [1.165, 1.54) is 0 Å². The summed E-state index contributed by atoms with van der Waals surface area (Å²) in [6, 6.07) is 0. The molecule has 0 heterocycles. The van der Waals surface area contributed by atoms with Crippen LogP contribution in [0.5, 0.6) is 0 Å². The molecule has 0 rings (SSSR count). The molecular weight excluding hydrogens is 453 g/mol.